The van der Waals surface area contributed by atoms with E-state index in [1.54, 1.807) is 6.92 Å². The molecule has 0 radical (unpaired) electrons. The molecule has 0 atom stereocenters. The Morgan fingerprint density at radius 3 is 2.77 bits per heavy atom. The quantitative estimate of drug-likeness (QED) is 0.374. The average Bonchev–Trinajstić information content (AvgIpc) is 2.63. The highest BCUT2D eigenvalue weighted by Gasteiger charge is 2.16. The van der Waals surface area contributed by atoms with E-state index in [2.05, 4.69) is 22.1 Å². The Bertz CT molecular complexity index is 1120. The van der Waals surface area contributed by atoms with E-state index >= 15 is 0 Å². The van der Waals surface area contributed by atoms with Crippen LogP contribution in [0, 0.1) is 0 Å². The molecule has 3 N–H and O–H groups in total. The fraction of sp³-hybridized carbons (Fsp3) is 0.105. The summed E-state index contributed by atoms with van der Waals surface area (Å²) in [7, 11) is 0. The zero-order chi connectivity index (χ0) is 18.7. The summed E-state index contributed by atoms with van der Waals surface area (Å²) >= 11 is 0. The van der Waals surface area contributed by atoms with Gasteiger partial charge in [-0.05, 0) is 18.4 Å². The smallest absolute Gasteiger partial charge is 0.331 e. The van der Waals surface area contributed by atoms with E-state index in [0.717, 1.165) is 21.0 Å². The molecule has 3 aromatic rings. The lowest BCUT2D eigenvalue weighted by molar-refractivity contribution is 0.409. The van der Waals surface area contributed by atoms with Gasteiger partial charge in [-0.2, -0.15) is 5.10 Å². The molecular formula is C19H18N4O3. The van der Waals surface area contributed by atoms with Crippen LogP contribution in [0.1, 0.15) is 12.5 Å². The van der Waals surface area contributed by atoms with Gasteiger partial charge in [-0.15, -0.1) is 6.58 Å². The highest BCUT2D eigenvalue weighted by atomic mass is 16.3. The van der Waals surface area contributed by atoms with Crippen LogP contribution in [-0.4, -0.2) is 20.4 Å². The summed E-state index contributed by atoms with van der Waals surface area (Å²) in [6, 6.07) is 13.5. The van der Waals surface area contributed by atoms with Crippen molar-refractivity contribution in [1.82, 2.24) is 9.55 Å². The van der Waals surface area contributed by atoms with E-state index in [-0.39, 0.29) is 17.8 Å². The minimum Gasteiger partial charge on any atom is -0.494 e. The van der Waals surface area contributed by atoms with E-state index < -0.39 is 17.1 Å². The molecule has 0 saturated carbocycles. The van der Waals surface area contributed by atoms with Gasteiger partial charge in [0, 0.05) is 11.9 Å². The van der Waals surface area contributed by atoms with Crippen LogP contribution in [0.5, 0.6) is 5.88 Å². The Morgan fingerprint density at radius 2 is 2.00 bits per heavy atom. The maximum Gasteiger partial charge on any atom is 0.331 e. The third-order valence-corrected chi connectivity index (χ3v) is 3.98. The Labute approximate surface area is 148 Å². The van der Waals surface area contributed by atoms with Crippen LogP contribution in [0.25, 0.3) is 10.8 Å². The molecule has 2 aromatic carbocycles. The number of H-pyrrole nitrogens is 1. The lowest BCUT2D eigenvalue weighted by Crippen LogP contribution is -2.33. The third-order valence-electron chi connectivity index (χ3n) is 3.98. The minimum atomic E-state index is -0.703. The summed E-state index contributed by atoms with van der Waals surface area (Å²) < 4.78 is 1.01. The average molecular weight is 350 g/mol. The van der Waals surface area contributed by atoms with Crippen LogP contribution in [0.4, 0.5) is 5.69 Å². The van der Waals surface area contributed by atoms with Crippen LogP contribution in [0.2, 0.25) is 0 Å². The van der Waals surface area contributed by atoms with Crippen molar-refractivity contribution in [2.75, 3.05) is 5.43 Å². The molecule has 7 heteroatoms. The van der Waals surface area contributed by atoms with Gasteiger partial charge in [0.05, 0.1) is 11.4 Å². The second-order valence-corrected chi connectivity index (χ2v) is 5.69. The first-order valence-corrected chi connectivity index (χ1v) is 7.98. The second kappa shape index (κ2) is 7.10. The molecule has 1 heterocycles. The molecule has 7 nitrogen and oxygen atoms in total. The van der Waals surface area contributed by atoms with Crippen molar-refractivity contribution < 1.29 is 5.11 Å². The first-order chi connectivity index (χ1) is 12.5. The molecule has 0 spiro atoms. The highest BCUT2D eigenvalue weighted by Crippen LogP contribution is 2.23. The molecule has 3 rings (SSSR count). The summed E-state index contributed by atoms with van der Waals surface area (Å²) in [6.45, 7) is 5.18. The summed E-state index contributed by atoms with van der Waals surface area (Å²) in [4.78, 5) is 26.1. The molecule has 0 aliphatic carbocycles. The number of rotatable bonds is 5. The number of aromatic amines is 1. The van der Waals surface area contributed by atoms with Gasteiger partial charge in [-0.1, -0.05) is 42.5 Å². The number of nitrogens with one attached hydrogen (secondary N) is 2. The number of allylic oxidation sites excluding steroid dienone is 1. The molecule has 0 amide bonds. The Morgan fingerprint density at radius 1 is 1.27 bits per heavy atom. The summed E-state index contributed by atoms with van der Waals surface area (Å²) in [5.41, 5.74) is 2.46. The predicted octanol–water partition coefficient (Wildman–Crippen LogP) is 2.42. The third kappa shape index (κ3) is 3.14. The van der Waals surface area contributed by atoms with E-state index in [1.165, 1.54) is 6.08 Å². The zero-order valence-corrected chi connectivity index (χ0v) is 14.2. The van der Waals surface area contributed by atoms with E-state index in [1.807, 2.05) is 42.5 Å². The maximum atomic E-state index is 12.1. The molecule has 0 bridgehead atoms. The van der Waals surface area contributed by atoms with Crippen LogP contribution in [-0.2, 0) is 6.54 Å². The molecule has 0 unspecified atom stereocenters. The van der Waals surface area contributed by atoms with Crippen LogP contribution >= 0.6 is 0 Å². The fourth-order valence-electron chi connectivity index (χ4n) is 2.71. The molecule has 0 fully saturated rings. The molecule has 0 aliphatic heterocycles. The van der Waals surface area contributed by atoms with Gasteiger partial charge in [0.25, 0.3) is 5.56 Å². The number of nitrogens with zero attached hydrogens (tertiary/aromatic N) is 2. The monoisotopic (exact) mass is 350 g/mol. The topological polar surface area (TPSA) is 99.5 Å². The van der Waals surface area contributed by atoms with Crippen molar-refractivity contribution in [2.45, 2.75) is 13.5 Å². The predicted molar refractivity (Wildman–Crippen MR) is 103 cm³/mol. The lowest BCUT2D eigenvalue weighted by atomic mass is 10.1. The van der Waals surface area contributed by atoms with Crippen LogP contribution in [0.3, 0.4) is 0 Å². The number of aromatic nitrogens is 2. The second-order valence-electron chi connectivity index (χ2n) is 5.69. The molecular weight excluding hydrogens is 332 g/mol. The standard InChI is InChI=1S/C19H18N4O3/c1-3-11-23-18(25)16(17(24)20-19(23)26)12(2)21-22-15-10-6-8-13-7-4-5-9-14(13)15/h3-10,22,25H,1,11H2,2H3,(H,20,24,26)/b21-12+. The number of fused-ring (bicyclic) bond motifs is 1. The van der Waals surface area contributed by atoms with Crippen molar-refractivity contribution in [1.29, 1.82) is 0 Å². The van der Waals surface area contributed by atoms with Gasteiger partial charge in [0.2, 0.25) is 5.88 Å². The summed E-state index contributed by atoms with van der Waals surface area (Å²) in [5, 5.41) is 16.5. The van der Waals surface area contributed by atoms with Crippen LogP contribution in [0.15, 0.2) is 69.8 Å². The molecule has 0 aliphatic rings. The summed E-state index contributed by atoms with van der Waals surface area (Å²) in [5.74, 6) is -0.445. The van der Waals surface area contributed by atoms with Gasteiger partial charge in [0.15, 0.2) is 0 Å². The van der Waals surface area contributed by atoms with E-state index in [4.69, 9.17) is 0 Å². The number of anilines is 1. The van der Waals surface area contributed by atoms with Gasteiger partial charge < -0.3 is 5.11 Å². The van der Waals surface area contributed by atoms with E-state index in [9.17, 15) is 14.7 Å². The van der Waals surface area contributed by atoms with Gasteiger partial charge in [-0.25, -0.2) is 4.79 Å². The first-order valence-electron chi connectivity index (χ1n) is 7.98. The number of aromatic hydroxyl groups is 1. The Hall–Kier alpha value is -3.61. The zero-order valence-electron chi connectivity index (χ0n) is 14.2. The Kier molecular flexibility index (Phi) is 4.70. The van der Waals surface area contributed by atoms with Crippen molar-refractivity contribution in [3.63, 3.8) is 0 Å². The SMILES string of the molecule is C=CCn1c(O)c(/C(C)=N/Nc2cccc3ccccc23)c(=O)[nH]c1=O. The number of hydrogen-bond donors (Lipinski definition) is 3. The van der Waals surface area contributed by atoms with Gasteiger partial charge >= 0.3 is 5.69 Å². The normalized spacial score (nSPS) is 11.5. The number of benzene rings is 2. The van der Waals surface area contributed by atoms with E-state index in [0.29, 0.717) is 0 Å². The molecule has 26 heavy (non-hydrogen) atoms. The van der Waals surface area contributed by atoms with Crippen molar-refractivity contribution >= 4 is 22.2 Å². The van der Waals surface area contributed by atoms with Crippen molar-refractivity contribution in [2.24, 2.45) is 5.10 Å². The van der Waals surface area contributed by atoms with Crippen molar-refractivity contribution in [3.8, 4) is 5.88 Å². The lowest BCUT2D eigenvalue weighted by Gasteiger charge is -2.10. The molecule has 132 valence electrons. The van der Waals surface area contributed by atoms with Crippen LogP contribution < -0.4 is 16.7 Å². The molecule has 1 aromatic heterocycles. The Balaban J connectivity index is 2.03. The largest absolute Gasteiger partial charge is 0.494 e. The minimum absolute atomic E-state index is 0.0679. The fourth-order valence-corrected chi connectivity index (χ4v) is 2.71. The van der Waals surface area contributed by atoms with Crippen molar-refractivity contribution in [3.05, 3.63) is 81.5 Å². The van der Waals surface area contributed by atoms with Gasteiger partial charge in [0.1, 0.15) is 5.56 Å². The molecule has 0 saturated heterocycles. The number of hydrogen-bond acceptors (Lipinski definition) is 5. The van der Waals surface area contributed by atoms with Gasteiger partial charge in [-0.3, -0.25) is 19.8 Å². The maximum absolute atomic E-state index is 12.1. The number of hydrazone groups is 1. The summed E-state index contributed by atoms with van der Waals surface area (Å²) in [6.07, 6.45) is 1.45. The highest BCUT2D eigenvalue weighted by molar-refractivity contribution is 6.01. The first kappa shape index (κ1) is 17.2.